The molecule has 0 aliphatic heterocycles. The second-order valence-electron chi connectivity index (χ2n) is 4.84. The number of aryl methyl sites for hydroxylation is 1. The highest BCUT2D eigenvalue weighted by molar-refractivity contribution is 5.73. The van der Waals surface area contributed by atoms with Gasteiger partial charge in [-0.05, 0) is 36.0 Å². The van der Waals surface area contributed by atoms with Crippen LogP contribution in [0.25, 0.3) is 0 Å². The number of carboxylic acids is 1. The lowest BCUT2D eigenvalue weighted by molar-refractivity contribution is -0.138. The second kappa shape index (κ2) is 5.87. The highest BCUT2D eigenvalue weighted by Gasteiger charge is 2.16. The Morgan fingerprint density at radius 1 is 1.44 bits per heavy atom. The molecule has 4 nitrogen and oxygen atoms in total. The molecule has 1 aromatic carbocycles. The Bertz CT molecular complexity index is 441. The molecular formula is C14H21NO3. The molecule has 0 amide bonds. The third kappa shape index (κ3) is 3.23. The van der Waals surface area contributed by atoms with Crippen LogP contribution < -0.4 is 10.5 Å². The van der Waals surface area contributed by atoms with Crippen molar-refractivity contribution in [1.29, 1.82) is 0 Å². The summed E-state index contributed by atoms with van der Waals surface area (Å²) in [4.78, 5) is 10.8. The van der Waals surface area contributed by atoms with Gasteiger partial charge in [0.2, 0.25) is 0 Å². The third-order valence-electron chi connectivity index (χ3n) is 2.96. The first kappa shape index (κ1) is 14.5. The molecule has 3 N–H and O–H groups in total. The SMILES string of the molecule is COc1c(C)cc(CC(N)C(=O)O)cc1C(C)C. The molecule has 0 heterocycles. The second-order valence-corrected chi connectivity index (χ2v) is 4.84. The van der Waals surface area contributed by atoms with Crippen LogP contribution in [0.3, 0.4) is 0 Å². The van der Waals surface area contributed by atoms with Crippen LogP contribution in [0.4, 0.5) is 0 Å². The lowest BCUT2D eigenvalue weighted by atomic mass is 9.94. The summed E-state index contributed by atoms with van der Waals surface area (Å²) in [7, 11) is 1.65. The first-order chi connectivity index (χ1) is 8.36. The molecule has 1 unspecified atom stereocenters. The Labute approximate surface area is 108 Å². The van der Waals surface area contributed by atoms with Crippen LogP contribution in [-0.4, -0.2) is 24.2 Å². The van der Waals surface area contributed by atoms with Gasteiger partial charge in [-0.1, -0.05) is 26.0 Å². The zero-order valence-corrected chi connectivity index (χ0v) is 11.4. The molecule has 0 saturated heterocycles. The monoisotopic (exact) mass is 251 g/mol. The molecule has 100 valence electrons. The van der Waals surface area contributed by atoms with Crippen molar-refractivity contribution in [3.05, 3.63) is 28.8 Å². The van der Waals surface area contributed by atoms with Crippen LogP contribution in [0.15, 0.2) is 12.1 Å². The van der Waals surface area contributed by atoms with Crippen molar-refractivity contribution in [2.24, 2.45) is 5.73 Å². The Hall–Kier alpha value is -1.55. The Balaban J connectivity index is 3.12. The van der Waals surface area contributed by atoms with Crippen molar-refractivity contribution in [2.75, 3.05) is 7.11 Å². The zero-order chi connectivity index (χ0) is 13.9. The van der Waals surface area contributed by atoms with E-state index in [1.165, 1.54) is 0 Å². The number of rotatable bonds is 5. The van der Waals surface area contributed by atoms with Gasteiger partial charge in [-0.25, -0.2) is 0 Å². The molecule has 1 rings (SSSR count). The van der Waals surface area contributed by atoms with Crippen LogP contribution in [-0.2, 0) is 11.2 Å². The van der Waals surface area contributed by atoms with Crippen molar-refractivity contribution in [2.45, 2.75) is 39.2 Å². The van der Waals surface area contributed by atoms with Crippen molar-refractivity contribution < 1.29 is 14.6 Å². The number of carboxylic acid groups (broad SMARTS) is 1. The Kier molecular flexibility index (Phi) is 4.73. The fourth-order valence-corrected chi connectivity index (χ4v) is 2.05. The number of aliphatic carboxylic acids is 1. The number of hydrogen-bond donors (Lipinski definition) is 2. The van der Waals surface area contributed by atoms with Gasteiger partial charge in [0.05, 0.1) is 7.11 Å². The summed E-state index contributed by atoms with van der Waals surface area (Å²) in [5.41, 5.74) is 8.60. The molecule has 0 bridgehead atoms. The molecule has 0 radical (unpaired) electrons. The molecular weight excluding hydrogens is 230 g/mol. The molecule has 0 fully saturated rings. The Morgan fingerprint density at radius 3 is 2.50 bits per heavy atom. The lowest BCUT2D eigenvalue weighted by Crippen LogP contribution is -2.32. The van der Waals surface area contributed by atoms with Gasteiger partial charge in [0, 0.05) is 0 Å². The molecule has 1 atom stereocenters. The number of carbonyl (C=O) groups is 1. The molecule has 18 heavy (non-hydrogen) atoms. The van der Waals surface area contributed by atoms with E-state index < -0.39 is 12.0 Å². The molecule has 0 aromatic heterocycles. The average Bonchev–Trinajstić information content (AvgIpc) is 2.27. The highest BCUT2D eigenvalue weighted by Crippen LogP contribution is 2.31. The van der Waals surface area contributed by atoms with Gasteiger partial charge in [0.25, 0.3) is 0 Å². The van der Waals surface area contributed by atoms with Gasteiger partial charge >= 0.3 is 5.97 Å². The van der Waals surface area contributed by atoms with Gasteiger partial charge in [0.1, 0.15) is 11.8 Å². The van der Waals surface area contributed by atoms with Crippen molar-refractivity contribution >= 4 is 5.97 Å². The van der Waals surface area contributed by atoms with Gasteiger partial charge in [-0.15, -0.1) is 0 Å². The summed E-state index contributed by atoms with van der Waals surface area (Å²) >= 11 is 0. The molecule has 1 aromatic rings. The largest absolute Gasteiger partial charge is 0.496 e. The molecule has 0 saturated carbocycles. The van der Waals surface area contributed by atoms with E-state index in [2.05, 4.69) is 13.8 Å². The van der Waals surface area contributed by atoms with Crippen LogP contribution in [0.5, 0.6) is 5.75 Å². The van der Waals surface area contributed by atoms with E-state index >= 15 is 0 Å². The maximum Gasteiger partial charge on any atom is 0.320 e. The average molecular weight is 251 g/mol. The van der Waals surface area contributed by atoms with E-state index in [1.807, 2.05) is 19.1 Å². The summed E-state index contributed by atoms with van der Waals surface area (Å²) in [6, 6.07) is 3.06. The van der Waals surface area contributed by atoms with Crippen molar-refractivity contribution in [1.82, 2.24) is 0 Å². The molecule has 0 spiro atoms. The standard InChI is InChI=1S/C14H21NO3/c1-8(2)11-6-10(7-12(15)14(16)17)5-9(3)13(11)18-4/h5-6,8,12H,7,15H2,1-4H3,(H,16,17). The number of nitrogens with two attached hydrogens (primary N) is 1. The summed E-state index contributed by atoms with van der Waals surface area (Å²) < 4.78 is 5.40. The van der Waals surface area contributed by atoms with Crippen LogP contribution in [0.2, 0.25) is 0 Å². The minimum Gasteiger partial charge on any atom is -0.496 e. The number of hydrogen-bond acceptors (Lipinski definition) is 3. The van der Waals surface area contributed by atoms with E-state index in [1.54, 1.807) is 7.11 Å². The van der Waals surface area contributed by atoms with Crippen LogP contribution in [0, 0.1) is 6.92 Å². The normalized spacial score (nSPS) is 12.6. The predicted octanol–water partition coefficient (Wildman–Crippen LogP) is 2.08. The summed E-state index contributed by atoms with van der Waals surface area (Å²) in [5, 5.41) is 8.84. The number of ether oxygens (including phenoxy) is 1. The lowest BCUT2D eigenvalue weighted by Gasteiger charge is -2.17. The Morgan fingerprint density at radius 2 is 2.06 bits per heavy atom. The maximum absolute atomic E-state index is 10.8. The highest BCUT2D eigenvalue weighted by atomic mass is 16.5. The van der Waals surface area contributed by atoms with Gasteiger partial charge in [-0.2, -0.15) is 0 Å². The van der Waals surface area contributed by atoms with Gasteiger partial charge < -0.3 is 15.6 Å². The molecule has 0 aliphatic rings. The quantitative estimate of drug-likeness (QED) is 0.840. The summed E-state index contributed by atoms with van der Waals surface area (Å²) in [6.45, 7) is 6.12. The number of benzene rings is 1. The maximum atomic E-state index is 10.8. The number of methoxy groups -OCH3 is 1. The minimum absolute atomic E-state index is 0.319. The summed E-state index contributed by atoms with van der Waals surface area (Å²) in [6.07, 6.45) is 0.333. The van der Waals surface area contributed by atoms with Gasteiger partial charge in [-0.3, -0.25) is 4.79 Å². The fourth-order valence-electron chi connectivity index (χ4n) is 2.05. The molecule has 4 heteroatoms. The minimum atomic E-state index is -0.977. The third-order valence-corrected chi connectivity index (χ3v) is 2.96. The topological polar surface area (TPSA) is 72.5 Å². The van der Waals surface area contributed by atoms with Gasteiger partial charge in [0.15, 0.2) is 0 Å². The smallest absolute Gasteiger partial charge is 0.320 e. The van der Waals surface area contributed by atoms with E-state index in [4.69, 9.17) is 15.6 Å². The summed E-state index contributed by atoms with van der Waals surface area (Å²) in [5.74, 6) is 0.215. The van der Waals surface area contributed by atoms with E-state index in [0.717, 1.165) is 22.4 Å². The van der Waals surface area contributed by atoms with Crippen LogP contribution >= 0.6 is 0 Å². The van der Waals surface area contributed by atoms with E-state index in [0.29, 0.717) is 12.3 Å². The first-order valence-corrected chi connectivity index (χ1v) is 6.02. The van der Waals surface area contributed by atoms with E-state index in [-0.39, 0.29) is 0 Å². The first-order valence-electron chi connectivity index (χ1n) is 6.02. The van der Waals surface area contributed by atoms with Crippen molar-refractivity contribution in [3.8, 4) is 5.75 Å². The zero-order valence-electron chi connectivity index (χ0n) is 11.4. The predicted molar refractivity (Wildman–Crippen MR) is 71.1 cm³/mol. The van der Waals surface area contributed by atoms with E-state index in [9.17, 15) is 4.79 Å². The molecule has 0 aliphatic carbocycles. The van der Waals surface area contributed by atoms with Crippen molar-refractivity contribution in [3.63, 3.8) is 0 Å². The fraction of sp³-hybridized carbons (Fsp3) is 0.500. The van der Waals surface area contributed by atoms with Crippen LogP contribution in [0.1, 0.15) is 36.5 Å².